The van der Waals surface area contributed by atoms with E-state index >= 15 is 0 Å². The summed E-state index contributed by atoms with van der Waals surface area (Å²) in [5, 5.41) is 6.84. The first kappa shape index (κ1) is 18.6. The van der Waals surface area contributed by atoms with Crippen molar-refractivity contribution in [2.75, 3.05) is 0 Å². The van der Waals surface area contributed by atoms with Gasteiger partial charge in [0.1, 0.15) is 12.4 Å². The zero-order chi connectivity index (χ0) is 19.4. The van der Waals surface area contributed by atoms with E-state index in [2.05, 4.69) is 17.3 Å². The maximum absolute atomic E-state index is 13.0. The minimum Gasteiger partial charge on any atom is -0.388 e. The molecule has 1 aromatic heterocycles. The van der Waals surface area contributed by atoms with Crippen LogP contribution in [0.3, 0.4) is 0 Å². The van der Waals surface area contributed by atoms with Gasteiger partial charge in [0.15, 0.2) is 0 Å². The molecule has 1 N–H and O–H groups in total. The predicted octanol–water partition coefficient (Wildman–Crippen LogP) is 3.08. The molecule has 1 unspecified atom stereocenters. The smallest absolute Gasteiger partial charge is 0.388 e. The number of amides is 1. The van der Waals surface area contributed by atoms with Gasteiger partial charge in [0.2, 0.25) is 11.8 Å². The summed E-state index contributed by atoms with van der Waals surface area (Å²) < 4.78 is 19.0. The average molecular weight is 369 g/mol. The Balaban J connectivity index is 1.66. The van der Waals surface area contributed by atoms with Gasteiger partial charge in [-0.05, 0) is 48.7 Å². The van der Waals surface area contributed by atoms with Gasteiger partial charge in [0.25, 0.3) is 0 Å². The van der Waals surface area contributed by atoms with E-state index < -0.39 is 11.6 Å². The van der Waals surface area contributed by atoms with E-state index in [1.54, 1.807) is 0 Å². The monoisotopic (exact) mass is 369 g/mol. The van der Waals surface area contributed by atoms with Gasteiger partial charge in [-0.2, -0.15) is 4.68 Å². The van der Waals surface area contributed by atoms with Crippen LogP contribution in [0.25, 0.3) is 11.5 Å². The van der Waals surface area contributed by atoms with Crippen LogP contribution in [0.2, 0.25) is 0 Å². The summed E-state index contributed by atoms with van der Waals surface area (Å²) in [6, 6.07) is 13.2. The second-order valence-electron chi connectivity index (χ2n) is 6.22. The number of hydrogen-bond acceptors (Lipinski definition) is 4. The lowest BCUT2D eigenvalue weighted by Gasteiger charge is -2.14. The van der Waals surface area contributed by atoms with Crippen molar-refractivity contribution in [2.45, 2.75) is 32.9 Å². The minimum atomic E-state index is -0.746. The summed E-state index contributed by atoms with van der Waals surface area (Å²) in [6.07, 6.45) is 0.951. The van der Waals surface area contributed by atoms with E-state index in [0.717, 1.165) is 16.7 Å². The Morgan fingerprint density at radius 1 is 1.19 bits per heavy atom. The third-order valence-electron chi connectivity index (χ3n) is 4.26. The topological polar surface area (TPSA) is 77.1 Å². The Bertz CT molecular complexity index is 975. The van der Waals surface area contributed by atoms with Gasteiger partial charge in [0, 0.05) is 5.56 Å². The third-order valence-corrected chi connectivity index (χ3v) is 4.26. The van der Waals surface area contributed by atoms with Crippen LogP contribution >= 0.6 is 0 Å². The van der Waals surface area contributed by atoms with E-state index in [1.807, 2.05) is 31.2 Å². The van der Waals surface area contributed by atoms with E-state index in [9.17, 15) is 14.0 Å². The molecule has 0 aliphatic rings. The number of nitrogens with one attached hydrogen (secondary N) is 1. The van der Waals surface area contributed by atoms with E-state index in [1.165, 1.54) is 29.8 Å². The number of nitrogens with zero attached hydrogens (tertiary/aromatic N) is 2. The summed E-state index contributed by atoms with van der Waals surface area (Å²) in [4.78, 5) is 24.2. The lowest BCUT2D eigenvalue weighted by atomic mass is 10.1. The molecule has 1 heterocycles. The van der Waals surface area contributed by atoms with Crippen LogP contribution in [0.1, 0.15) is 31.0 Å². The number of halogens is 1. The Morgan fingerprint density at radius 3 is 2.48 bits per heavy atom. The van der Waals surface area contributed by atoms with Crippen LogP contribution in [0.4, 0.5) is 4.39 Å². The van der Waals surface area contributed by atoms with Gasteiger partial charge in [0.05, 0.1) is 6.04 Å². The highest BCUT2D eigenvalue weighted by Crippen LogP contribution is 2.16. The quantitative estimate of drug-likeness (QED) is 0.724. The number of rotatable bonds is 6. The van der Waals surface area contributed by atoms with E-state index in [4.69, 9.17) is 4.42 Å². The fourth-order valence-electron chi connectivity index (χ4n) is 2.66. The first-order valence-electron chi connectivity index (χ1n) is 8.68. The lowest BCUT2D eigenvalue weighted by molar-refractivity contribution is -0.122. The molecule has 0 radical (unpaired) electrons. The molecular weight excluding hydrogens is 349 g/mol. The maximum Gasteiger partial charge on any atom is 0.437 e. The van der Waals surface area contributed by atoms with Crippen LogP contribution in [0.15, 0.2) is 57.7 Å². The number of aryl methyl sites for hydroxylation is 1. The molecular formula is C20H20FN3O3. The molecule has 3 rings (SSSR count). The second kappa shape index (κ2) is 7.99. The normalized spacial score (nSPS) is 12.0. The first-order chi connectivity index (χ1) is 13.0. The van der Waals surface area contributed by atoms with Gasteiger partial charge in [-0.15, -0.1) is 5.10 Å². The van der Waals surface area contributed by atoms with Crippen LogP contribution in [0, 0.1) is 5.82 Å². The molecule has 0 fully saturated rings. The third kappa shape index (κ3) is 4.49. The summed E-state index contributed by atoms with van der Waals surface area (Å²) in [5.41, 5.74) is 2.65. The van der Waals surface area contributed by atoms with Crippen molar-refractivity contribution >= 4 is 5.91 Å². The molecule has 0 saturated heterocycles. The molecule has 0 aliphatic heterocycles. The highest BCUT2D eigenvalue weighted by Gasteiger charge is 2.15. The number of carbonyl (C=O) groups is 1. The number of benzene rings is 2. The van der Waals surface area contributed by atoms with Crippen LogP contribution in [-0.4, -0.2) is 15.7 Å². The Hall–Kier alpha value is -3.22. The number of hydrogen-bond donors (Lipinski definition) is 1. The molecule has 6 nitrogen and oxygen atoms in total. The molecule has 27 heavy (non-hydrogen) atoms. The Morgan fingerprint density at radius 2 is 1.85 bits per heavy atom. The minimum absolute atomic E-state index is 0.0380. The van der Waals surface area contributed by atoms with Gasteiger partial charge in [-0.3, -0.25) is 4.79 Å². The standard InChI is InChI=1S/C20H20FN3O3/c1-3-14-4-6-15(7-5-14)13(2)22-18(25)12-24-20(26)27-19(23-24)16-8-10-17(21)11-9-16/h4-11,13H,3,12H2,1-2H3,(H,22,25). The summed E-state index contributed by atoms with van der Waals surface area (Å²) in [5.74, 6) is -1.47. The fraction of sp³-hybridized carbons (Fsp3) is 0.250. The molecule has 0 aliphatic carbocycles. The van der Waals surface area contributed by atoms with Crippen molar-refractivity contribution in [3.8, 4) is 11.5 Å². The second-order valence-corrected chi connectivity index (χ2v) is 6.22. The van der Waals surface area contributed by atoms with E-state index in [-0.39, 0.29) is 24.4 Å². The number of aromatic nitrogens is 2. The molecule has 3 aromatic rings. The van der Waals surface area contributed by atoms with Crippen LogP contribution < -0.4 is 11.1 Å². The van der Waals surface area contributed by atoms with Crippen molar-refractivity contribution in [1.29, 1.82) is 0 Å². The molecule has 0 bridgehead atoms. The highest BCUT2D eigenvalue weighted by molar-refractivity contribution is 5.76. The predicted molar refractivity (Wildman–Crippen MR) is 98.5 cm³/mol. The molecule has 0 spiro atoms. The van der Waals surface area contributed by atoms with Crippen molar-refractivity contribution < 1.29 is 13.6 Å². The summed E-state index contributed by atoms with van der Waals surface area (Å²) >= 11 is 0. The summed E-state index contributed by atoms with van der Waals surface area (Å²) in [6.45, 7) is 3.69. The van der Waals surface area contributed by atoms with Crippen molar-refractivity contribution in [3.05, 3.63) is 76.0 Å². The van der Waals surface area contributed by atoms with Crippen molar-refractivity contribution in [1.82, 2.24) is 15.1 Å². The zero-order valence-corrected chi connectivity index (χ0v) is 15.1. The molecule has 1 amide bonds. The molecule has 7 heteroatoms. The first-order valence-corrected chi connectivity index (χ1v) is 8.68. The van der Waals surface area contributed by atoms with E-state index in [0.29, 0.717) is 5.56 Å². The maximum atomic E-state index is 13.0. The summed E-state index contributed by atoms with van der Waals surface area (Å²) in [7, 11) is 0. The highest BCUT2D eigenvalue weighted by atomic mass is 19.1. The SMILES string of the molecule is CCc1ccc(C(C)NC(=O)Cn2nc(-c3ccc(F)cc3)oc2=O)cc1. The molecule has 0 saturated carbocycles. The van der Waals surface area contributed by atoms with Gasteiger partial charge in [-0.1, -0.05) is 31.2 Å². The largest absolute Gasteiger partial charge is 0.437 e. The van der Waals surface area contributed by atoms with Gasteiger partial charge < -0.3 is 9.73 Å². The zero-order valence-electron chi connectivity index (χ0n) is 15.1. The number of carbonyl (C=O) groups excluding carboxylic acids is 1. The van der Waals surface area contributed by atoms with Gasteiger partial charge in [-0.25, -0.2) is 9.18 Å². The van der Waals surface area contributed by atoms with Crippen LogP contribution in [0.5, 0.6) is 0 Å². The molecule has 2 aromatic carbocycles. The van der Waals surface area contributed by atoms with Crippen LogP contribution in [-0.2, 0) is 17.8 Å². The lowest BCUT2D eigenvalue weighted by Crippen LogP contribution is -2.33. The van der Waals surface area contributed by atoms with Crippen molar-refractivity contribution in [2.24, 2.45) is 0 Å². The molecule has 1 atom stereocenters. The van der Waals surface area contributed by atoms with Crippen molar-refractivity contribution in [3.63, 3.8) is 0 Å². The average Bonchev–Trinajstić information content (AvgIpc) is 3.02. The van der Waals surface area contributed by atoms with Gasteiger partial charge >= 0.3 is 5.76 Å². The Kier molecular flexibility index (Phi) is 5.49. The fourth-order valence-corrected chi connectivity index (χ4v) is 2.66. The Labute approximate surface area is 155 Å². The molecule has 140 valence electrons.